The van der Waals surface area contributed by atoms with Crippen LogP contribution in [0.1, 0.15) is 45.4 Å². The lowest BCUT2D eigenvalue weighted by molar-refractivity contribution is -0.145. The summed E-state index contributed by atoms with van der Waals surface area (Å²) in [6.07, 6.45) is 6.31. The van der Waals surface area contributed by atoms with E-state index in [0.717, 1.165) is 12.8 Å². The Morgan fingerprint density at radius 3 is 2.36 bits per heavy atom. The van der Waals surface area contributed by atoms with Crippen molar-refractivity contribution in [3.63, 3.8) is 0 Å². The highest BCUT2D eigenvalue weighted by Gasteiger charge is 2.24. The van der Waals surface area contributed by atoms with Crippen LogP contribution >= 0.6 is 0 Å². The number of carboxylic acids is 1. The minimum atomic E-state index is -0.995. The van der Waals surface area contributed by atoms with Gasteiger partial charge in [-0.2, -0.15) is 0 Å². The molecule has 0 saturated heterocycles. The van der Waals surface area contributed by atoms with Crippen LogP contribution in [0, 0.1) is 11.8 Å². The van der Waals surface area contributed by atoms with Crippen molar-refractivity contribution in [3.05, 3.63) is 0 Å². The van der Waals surface area contributed by atoms with Gasteiger partial charge in [-0.25, -0.2) is 0 Å². The number of hydrogen-bond acceptors (Lipinski definition) is 2. The average Bonchev–Trinajstić information content (AvgIpc) is 2.18. The summed E-state index contributed by atoms with van der Waals surface area (Å²) in [5.74, 6) is -1.48. The second-order valence-corrected chi connectivity index (χ2v) is 4.23. The highest BCUT2D eigenvalue weighted by Crippen LogP contribution is 2.27. The van der Waals surface area contributed by atoms with Gasteiger partial charge >= 0.3 is 5.97 Å². The molecule has 1 fully saturated rings. The van der Waals surface area contributed by atoms with E-state index < -0.39 is 11.9 Å². The lowest BCUT2D eigenvalue weighted by Crippen LogP contribution is -2.23. The van der Waals surface area contributed by atoms with Crippen LogP contribution in [0.5, 0.6) is 0 Å². The first-order valence-corrected chi connectivity index (χ1v) is 5.36. The lowest BCUT2D eigenvalue weighted by Gasteiger charge is -2.21. The molecule has 0 radical (unpaired) electrons. The largest absolute Gasteiger partial charge is 0.481 e. The van der Waals surface area contributed by atoms with Gasteiger partial charge in [0.2, 0.25) is 0 Å². The molecule has 1 aliphatic carbocycles. The van der Waals surface area contributed by atoms with Crippen LogP contribution in [-0.2, 0) is 9.59 Å². The molecule has 0 aliphatic heterocycles. The molecule has 0 heterocycles. The van der Waals surface area contributed by atoms with Gasteiger partial charge in [-0.3, -0.25) is 9.59 Å². The summed E-state index contributed by atoms with van der Waals surface area (Å²) in [6.45, 7) is 1.48. The van der Waals surface area contributed by atoms with E-state index in [0.29, 0.717) is 12.3 Å². The first-order chi connectivity index (χ1) is 6.61. The third-order valence-corrected chi connectivity index (χ3v) is 3.07. The number of hydrogen-bond donors (Lipinski definition) is 1. The fraction of sp³-hybridized carbons (Fsp3) is 0.818. The molecule has 0 aromatic heterocycles. The van der Waals surface area contributed by atoms with E-state index >= 15 is 0 Å². The fourth-order valence-electron chi connectivity index (χ4n) is 1.99. The van der Waals surface area contributed by atoms with E-state index in [4.69, 9.17) is 5.11 Å². The fourth-order valence-corrected chi connectivity index (χ4v) is 1.99. The number of carbonyl (C=O) groups is 2. The summed E-state index contributed by atoms with van der Waals surface area (Å²) in [4.78, 5) is 22.0. The van der Waals surface area contributed by atoms with Gasteiger partial charge in [0.1, 0.15) is 11.7 Å². The minimum absolute atomic E-state index is 0.107. The van der Waals surface area contributed by atoms with Crippen LogP contribution in [0.4, 0.5) is 0 Å². The van der Waals surface area contributed by atoms with Crippen molar-refractivity contribution in [2.24, 2.45) is 11.8 Å². The molecule has 3 heteroatoms. The summed E-state index contributed by atoms with van der Waals surface area (Å²) in [5, 5.41) is 8.66. The second-order valence-electron chi connectivity index (χ2n) is 4.23. The second kappa shape index (κ2) is 5.13. The maximum absolute atomic E-state index is 11.5. The van der Waals surface area contributed by atoms with Crippen LogP contribution in [0.25, 0.3) is 0 Å². The Labute approximate surface area is 84.5 Å². The molecule has 1 atom stereocenters. The zero-order chi connectivity index (χ0) is 10.6. The maximum Gasteiger partial charge on any atom is 0.313 e. The molecule has 1 aliphatic rings. The number of aliphatic carboxylic acids is 1. The molecule has 1 N–H and O–H groups in total. The Hall–Kier alpha value is -0.860. The molecular weight excluding hydrogens is 180 g/mol. The highest BCUT2D eigenvalue weighted by molar-refractivity contribution is 5.97. The quantitative estimate of drug-likeness (QED) is 0.705. The van der Waals surface area contributed by atoms with Gasteiger partial charge in [0.15, 0.2) is 0 Å². The van der Waals surface area contributed by atoms with Crippen molar-refractivity contribution < 1.29 is 14.7 Å². The Balaban J connectivity index is 2.35. The molecule has 0 aromatic carbocycles. The van der Waals surface area contributed by atoms with Gasteiger partial charge < -0.3 is 5.11 Å². The zero-order valence-corrected chi connectivity index (χ0v) is 8.66. The molecule has 1 saturated carbocycles. The molecule has 1 unspecified atom stereocenters. The van der Waals surface area contributed by atoms with Gasteiger partial charge in [0.25, 0.3) is 0 Å². The van der Waals surface area contributed by atoms with Gasteiger partial charge in [-0.15, -0.1) is 0 Å². The standard InChI is InChI=1S/C11H18O3/c1-8(11(13)14)10(12)7-9-5-3-2-4-6-9/h8-9H,2-7H2,1H3,(H,13,14). The maximum atomic E-state index is 11.5. The number of Topliss-reactive ketones (excluding diaryl/α,β-unsaturated/α-hetero) is 1. The van der Waals surface area contributed by atoms with Crippen molar-refractivity contribution >= 4 is 11.8 Å². The Morgan fingerprint density at radius 2 is 1.86 bits per heavy atom. The minimum Gasteiger partial charge on any atom is -0.481 e. The van der Waals surface area contributed by atoms with Crippen molar-refractivity contribution in [1.29, 1.82) is 0 Å². The number of carboxylic acid groups (broad SMARTS) is 1. The summed E-state index contributed by atoms with van der Waals surface area (Å²) >= 11 is 0. The van der Waals surface area contributed by atoms with E-state index in [1.165, 1.54) is 26.2 Å². The summed E-state index contributed by atoms with van der Waals surface area (Å²) in [5.41, 5.74) is 0. The highest BCUT2D eigenvalue weighted by atomic mass is 16.4. The molecule has 1 rings (SSSR count). The number of rotatable bonds is 4. The summed E-state index contributed by atoms with van der Waals surface area (Å²) in [7, 11) is 0. The third kappa shape index (κ3) is 3.13. The SMILES string of the molecule is CC(C(=O)O)C(=O)CC1CCCCC1. The van der Waals surface area contributed by atoms with Crippen molar-refractivity contribution in [2.75, 3.05) is 0 Å². The van der Waals surface area contributed by atoms with Crippen LogP contribution in [0.2, 0.25) is 0 Å². The van der Waals surface area contributed by atoms with Crippen molar-refractivity contribution in [3.8, 4) is 0 Å². The molecule has 80 valence electrons. The zero-order valence-electron chi connectivity index (χ0n) is 8.66. The smallest absolute Gasteiger partial charge is 0.313 e. The van der Waals surface area contributed by atoms with Crippen LogP contribution in [-0.4, -0.2) is 16.9 Å². The third-order valence-electron chi connectivity index (χ3n) is 3.07. The van der Waals surface area contributed by atoms with E-state index in [1.54, 1.807) is 0 Å². The molecule has 0 amide bonds. The molecule has 3 nitrogen and oxygen atoms in total. The monoisotopic (exact) mass is 198 g/mol. The number of carbonyl (C=O) groups excluding carboxylic acids is 1. The van der Waals surface area contributed by atoms with Crippen molar-refractivity contribution in [1.82, 2.24) is 0 Å². The first-order valence-electron chi connectivity index (χ1n) is 5.36. The first kappa shape index (κ1) is 11.2. The Kier molecular flexibility index (Phi) is 4.11. The van der Waals surface area contributed by atoms with E-state index in [9.17, 15) is 9.59 Å². The summed E-state index contributed by atoms with van der Waals surface area (Å²) < 4.78 is 0. The molecule has 0 spiro atoms. The summed E-state index contributed by atoms with van der Waals surface area (Å²) in [6, 6.07) is 0. The van der Waals surface area contributed by atoms with Crippen LogP contribution < -0.4 is 0 Å². The van der Waals surface area contributed by atoms with Gasteiger partial charge in [-0.05, 0) is 12.8 Å². The predicted molar refractivity (Wildman–Crippen MR) is 53.0 cm³/mol. The van der Waals surface area contributed by atoms with Gasteiger partial charge in [0, 0.05) is 6.42 Å². The van der Waals surface area contributed by atoms with Crippen molar-refractivity contribution in [2.45, 2.75) is 45.4 Å². The molecule has 0 aromatic rings. The average molecular weight is 198 g/mol. The molecular formula is C11H18O3. The Bertz CT molecular complexity index is 217. The van der Waals surface area contributed by atoms with Crippen LogP contribution in [0.3, 0.4) is 0 Å². The predicted octanol–water partition coefficient (Wildman–Crippen LogP) is 2.25. The van der Waals surface area contributed by atoms with Crippen LogP contribution in [0.15, 0.2) is 0 Å². The lowest BCUT2D eigenvalue weighted by atomic mass is 9.84. The van der Waals surface area contributed by atoms with E-state index in [-0.39, 0.29) is 5.78 Å². The Morgan fingerprint density at radius 1 is 1.29 bits per heavy atom. The van der Waals surface area contributed by atoms with E-state index in [2.05, 4.69) is 0 Å². The number of ketones is 1. The molecule has 0 bridgehead atoms. The topological polar surface area (TPSA) is 54.4 Å². The van der Waals surface area contributed by atoms with Gasteiger partial charge in [-0.1, -0.05) is 32.1 Å². The van der Waals surface area contributed by atoms with E-state index in [1.807, 2.05) is 0 Å². The molecule has 14 heavy (non-hydrogen) atoms. The van der Waals surface area contributed by atoms with Gasteiger partial charge in [0.05, 0.1) is 0 Å². The normalized spacial score (nSPS) is 20.4.